The lowest BCUT2D eigenvalue weighted by Gasteiger charge is -2.38. The predicted molar refractivity (Wildman–Crippen MR) is 69.9 cm³/mol. The van der Waals surface area contributed by atoms with E-state index in [0.29, 0.717) is 13.1 Å². The summed E-state index contributed by atoms with van der Waals surface area (Å²) < 4.78 is 5.18. The molecule has 0 saturated carbocycles. The summed E-state index contributed by atoms with van der Waals surface area (Å²) in [6.07, 6.45) is -0.620. The molecule has 2 rings (SSSR count). The van der Waals surface area contributed by atoms with Crippen LogP contribution in [0.4, 0.5) is 0 Å². The molecule has 1 saturated heterocycles. The molecule has 1 N–H and O–H groups in total. The van der Waals surface area contributed by atoms with Gasteiger partial charge in [-0.2, -0.15) is 0 Å². The Hall–Kier alpha value is -1.63. The van der Waals surface area contributed by atoms with Gasteiger partial charge in [0.25, 0.3) is 5.91 Å². The van der Waals surface area contributed by atoms with Crippen molar-refractivity contribution in [3.8, 4) is 0 Å². The Labute approximate surface area is 117 Å². The van der Waals surface area contributed by atoms with Crippen LogP contribution in [0.2, 0.25) is 0 Å². The maximum atomic E-state index is 12.0. The molecule has 2 aliphatic heterocycles. The molecule has 1 amide bonds. The minimum atomic E-state index is -0.753. The van der Waals surface area contributed by atoms with Crippen molar-refractivity contribution in [3.05, 3.63) is 0 Å². The van der Waals surface area contributed by atoms with Crippen molar-refractivity contribution in [3.63, 3.8) is 0 Å². The van der Waals surface area contributed by atoms with Gasteiger partial charge in [0, 0.05) is 32.0 Å². The van der Waals surface area contributed by atoms with Crippen LogP contribution in [-0.4, -0.2) is 59.0 Å². The van der Waals surface area contributed by atoms with Gasteiger partial charge in [-0.15, -0.1) is 0 Å². The van der Waals surface area contributed by atoms with Gasteiger partial charge in [0.05, 0.1) is 0 Å². The SMILES string of the molecule is CC(C)(C)OC(=O)C1=NO[C@@H](C(=O)N2CC(CO)C2)C1. The predicted octanol–water partition coefficient (Wildman–Crippen LogP) is -0.0763. The number of likely N-dealkylation sites (tertiary alicyclic amines) is 1. The number of amides is 1. The molecule has 0 bridgehead atoms. The average molecular weight is 284 g/mol. The highest BCUT2D eigenvalue weighted by Gasteiger charge is 2.40. The molecule has 0 spiro atoms. The van der Waals surface area contributed by atoms with Crippen LogP contribution in [0.5, 0.6) is 0 Å². The summed E-state index contributed by atoms with van der Waals surface area (Å²) in [4.78, 5) is 30.4. The van der Waals surface area contributed by atoms with Crippen LogP contribution < -0.4 is 0 Å². The van der Waals surface area contributed by atoms with Crippen molar-refractivity contribution in [2.45, 2.75) is 38.9 Å². The highest BCUT2D eigenvalue weighted by molar-refractivity contribution is 6.37. The summed E-state index contributed by atoms with van der Waals surface area (Å²) in [5.41, 5.74) is -0.467. The number of aliphatic hydroxyl groups is 1. The lowest BCUT2D eigenvalue weighted by molar-refractivity contribution is -0.149. The van der Waals surface area contributed by atoms with Gasteiger partial charge < -0.3 is 19.6 Å². The minimum Gasteiger partial charge on any atom is -0.455 e. The summed E-state index contributed by atoms with van der Waals surface area (Å²) >= 11 is 0. The number of hydrogen-bond donors (Lipinski definition) is 1. The molecular weight excluding hydrogens is 264 g/mol. The van der Waals surface area contributed by atoms with E-state index in [4.69, 9.17) is 14.7 Å². The zero-order valence-corrected chi connectivity index (χ0v) is 12.0. The minimum absolute atomic E-state index is 0.0783. The molecule has 1 fully saturated rings. The summed E-state index contributed by atoms with van der Waals surface area (Å²) in [6, 6.07) is 0. The third-order valence-electron chi connectivity index (χ3n) is 3.11. The first-order valence-electron chi connectivity index (χ1n) is 6.66. The topological polar surface area (TPSA) is 88.4 Å². The molecule has 0 aromatic rings. The molecule has 0 aromatic heterocycles. The number of nitrogens with zero attached hydrogens (tertiary/aromatic N) is 2. The third-order valence-corrected chi connectivity index (χ3v) is 3.11. The monoisotopic (exact) mass is 284 g/mol. The van der Waals surface area contributed by atoms with Crippen LogP contribution in [-0.2, 0) is 19.2 Å². The van der Waals surface area contributed by atoms with Gasteiger partial charge >= 0.3 is 5.97 Å². The van der Waals surface area contributed by atoms with E-state index in [0.717, 1.165) is 0 Å². The fraction of sp³-hybridized carbons (Fsp3) is 0.769. The quantitative estimate of drug-likeness (QED) is 0.733. The normalized spacial score (nSPS) is 22.9. The Morgan fingerprint density at radius 2 is 2.10 bits per heavy atom. The van der Waals surface area contributed by atoms with Crippen LogP contribution in [0.15, 0.2) is 5.16 Å². The zero-order valence-electron chi connectivity index (χ0n) is 12.0. The van der Waals surface area contributed by atoms with E-state index in [-0.39, 0.29) is 30.6 Å². The largest absolute Gasteiger partial charge is 0.455 e. The van der Waals surface area contributed by atoms with E-state index in [2.05, 4.69) is 5.16 Å². The van der Waals surface area contributed by atoms with E-state index in [9.17, 15) is 9.59 Å². The van der Waals surface area contributed by atoms with Crippen LogP contribution in [0.3, 0.4) is 0 Å². The van der Waals surface area contributed by atoms with Gasteiger partial charge in [-0.1, -0.05) is 5.16 Å². The van der Waals surface area contributed by atoms with Crippen LogP contribution in [0, 0.1) is 5.92 Å². The van der Waals surface area contributed by atoms with Crippen LogP contribution in [0.1, 0.15) is 27.2 Å². The number of esters is 1. The number of oxime groups is 1. The molecule has 20 heavy (non-hydrogen) atoms. The maximum absolute atomic E-state index is 12.0. The number of ether oxygens (including phenoxy) is 1. The lowest BCUT2D eigenvalue weighted by atomic mass is 10.00. The number of aliphatic hydroxyl groups excluding tert-OH is 1. The second-order valence-corrected chi connectivity index (χ2v) is 6.13. The van der Waals surface area contributed by atoms with Crippen molar-refractivity contribution >= 4 is 17.6 Å². The fourth-order valence-electron chi connectivity index (χ4n) is 2.04. The van der Waals surface area contributed by atoms with Gasteiger partial charge in [0.1, 0.15) is 5.60 Å². The molecule has 0 aromatic carbocycles. The Morgan fingerprint density at radius 3 is 2.65 bits per heavy atom. The van der Waals surface area contributed by atoms with Crippen molar-refractivity contribution in [1.29, 1.82) is 0 Å². The van der Waals surface area contributed by atoms with E-state index in [1.165, 1.54) is 0 Å². The standard InChI is InChI=1S/C13H20N2O5/c1-13(2,3)19-12(18)9-4-10(20-14-9)11(17)15-5-8(6-15)7-16/h8,10,16H,4-7H2,1-3H3/t10-/m1/s1. The van der Waals surface area contributed by atoms with Crippen LogP contribution >= 0.6 is 0 Å². The summed E-state index contributed by atoms with van der Waals surface area (Å²) in [6.45, 7) is 6.42. The van der Waals surface area contributed by atoms with E-state index in [1.807, 2.05) is 0 Å². The zero-order chi connectivity index (χ0) is 14.9. The maximum Gasteiger partial charge on any atom is 0.356 e. The molecule has 0 unspecified atom stereocenters. The molecule has 1 atom stereocenters. The van der Waals surface area contributed by atoms with Crippen molar-refractivity contribution in [2.24, 2.45) is 11.1 Å². The molecule has 2 aliphatic rings. The highest BCUT2D eigenvalue weighted by atomic mass is 16.7. The summed E-state index contributed by atoms with van der Waals surface area (Å²) in [7, 11) is 0. The number of carbonyl (C=O) groups is 2. The van der Waals surface area contributed by atoms with Crippen LogP contribution in [0.25, 0.3) is 0 Å². The third kappa shape index (κ3) is 3.27. The van der Waals surface area contributed by atoms with Gasteiger partial charge in [0.15, 0.2) is 5.71 Å². The van der Waals surface area contributed by atoms with Gasteiger partial charge in [0.2, 0.25) is 6.10 Å². The first kappa shape index (κ1) is 14.8. The number of carbonyl (C=O) groups excluding carboxylic acids is 2. The molecule has 7 heteroatoms. The second kappa shape index (κ2) is 5.40. The first-order chi connectivity index (χ1) is 9.30. The van der Waals surface area contributed by atoms with E-state index >= 15 is 0 Å². The molecule has 7 nitrogen and oxygen atoms in total. The molecular formula is C13H20N2O5. The van der Waals surface area contributed by atoms with Gasteiger partial charge in [-0.05, 0) is 20.8 Å². The molecule has 0 aliphatic carbocycles. The number of hydrogen-bond acceptors (Lipinski definition) is 6. The second-order valence-electron chi connectivity index (χ2n) is 6.13. The van der Waals surface area contributed by atoms with Gasteiger partial charge in [-0.25, -0.2) is 4.79 Å². The highest BCUT2D eigenvalue weighted by Crippen LogP contribution is 2.21. The molecule has 0 radical (unpaired) electrons. The first-order valence-corrected chi connectivity index (χ1v) is 6.66. The van der Waals surface area contributed by atoms with Crippen molar-refractivity contribution in [2.75, 3.05) is 19.7 Å². The van der Waals surface area contributed by atoms with E-state index < -0.39 is 17.7 Å². The molecule has 112 valence electrons. The van der Waals surface area contributed by atoms with Crippen molar-refractivity contribution in [1.82, 2.24) is 4.90 Å². The Morgan fingerprint density at radius 1 is 1.45 bits per heavy atom. The van der Waals surface area contributed by atoms with E-state index in [1.54, 1.807) is 25.7 Å². The fourth-order valence-corrected chi connectivity index (χ4v) is 2.04. The summed E-state index contributed by atoms with van der Waals surface area (Å²) in [5.74, 6) is -0.603. The smallest absolute Gasteiger partial charge is 0.356 e. The Kier molecular flexibility index (Phi) is 3.99. The number of rotatable bonds is 3. The molecule has 2 heterocycles. The van der Waals surface area contributed by atoms with Gasteiger partial charge in [-0.3, -0.25) is 4.79 Å². The average Bonchev–Trinajstić information content (AvgIpc) is 2.74. The Bertz CT molecular complexity index is 435. The summed E-state index contributed by atoms with van der Waals surface area (Å²) in [5, 5.41) is 12.6. The Balaban J connectivity index is 1.82. The lowest BCUT2D eigenvalue weighted by Crippen LogP contribution is -2.54. The van der Waals surface area contributed by atoms with Crippen molar-refractivity contribution < 1.29 is 24.3 Å².